The Bertz CT molecular complexity index is 717. The van der Waals surface area contributed by atoms with Gasteiger partial charge in [0.25, 0.3) is 0 Å². The number of hydrogen-bond acceptors (Lipinski definition) is 6. The summed E-state index contributed by atoms with van der Waals surface area (Å²) in [5.41, 5.74) is 3.21. The molecule has 120 valence electrons. The molecule has 1 saturated heterocycles. The second-order valence-electron chi connectivity index (χ2n) is 5.97. The van der Waals surface area contributed by atoms with Crippen molar-refractivity contribution in [3.63, 3.8) is 0 Å². The van der Waals surface area contributed by atoms with Crippen molar-refractivity contribution in [2.45, 2.75) is 13.5 Å². The van der Waals surface area contributed by atoms with E-state index in [0.717, 1.165) is 60.3 Å². The lowest BCUT2D eigenvalue weighted by Crippen LogP contribution is -2.51. The molecule has 2 bridgehead atoms. The zero-order chi connectivity index (χ0) is 15.8. The first-order valence-electron chi connectivity index (χ1n) is 7.90. The highest BCUT2D eigenvalue weighted by Crippen LogP contribution is 2.28. The molecule has 0 atom stereocenters. The van der Waals surface area contributed by atoms with Gasteiger partial charge in [0.1, 0.15) is 11.5 Å². The quantitative estimate of drug-likeness (QED) is 0.755. The van der Waals surface area contributed by atoms with Crippen LogP contribution in [-0.2, 0) is 6.54 Å². The third-order valence-corrected chi connectivity index (χ3v) is 4.70. The van der Waals surface area contributed by atoms with E-state index in [1.165, 1.54) is 5.56 Å². The summed E-state index contributed by atoms with van der Waals surface area (Å²) in [5.74, 6) is 1.79. The van der Waals surface area contributed by atoms with Crippen LogP contribution in [-0.4, -0.2) is 60.0 Å². The van der Waals surface area contributed by atoms with Crippen LogP contribution in [0, 0.1) is 0 Å². The molecule has 0 aliphatic carbocycles. The lowest BCUT2D eigenvalue weighted by atomic mass is 10.1. The molecule has 1 aromatic carbocycles. The highest BCUT2D eigenvalue weighted by atomic mass is 79.9. The standard InChI is InChI=1S/C16H19BrN6/c1-11-19-15-10-23(21-11)9-12-8-13(17)2-3-14(12)20-16(15)22-6-4-18-5-7-22/h2-3,8,18H,4-7,9-10H2,1H3. The monoisotopic (exact) mass is 374 g/mol. The van der Waals surface area contributed by atoms with Crippen molar-refractivity contribution in [2.24, 2.45) is 15.1 Å². The summed E-state index contributed by atoms with van der Waals surface area (Å²) < 4.78 is 1.07. The van der Waals surface area contributed by atoms with Gasteiger partial charge >= 0.3 is 0 Å². The van der Waals surface area contributed by atoms with Gasteiger partial charge in [-0.15, -0.1) is 0 Å². The molecule has 3 heterocycles. The number of hydrogen-bond donors (Lipinski definition) is 1. The van der Waals surface area contributed by atoms with Crippen LogP contribution < -0.4 is 5.32 Å². The van der Waals surface area contributed by atoms with Crippen LogP contribution >= 0.6 is 15.9 Å². The topological polar surface area (TPSA) is 55.6 Å². The average molecular weight is 375 g/mol. The van der Waals surface area contributed by atoms with Crippen LogP contribution in [0.3, 0.4) is 0 Å². The van der Waals surface area contributed by atoms with E-state index in [9.17, 15) is 0 Å². The van der Waals surface area contributed by atoms with E-state index < -0.39 is 0 Å². The minimum Gasteiger partial charge on any atom is -0.352 e. The summed E-state index contributed by atoms with van der Waals surface area (Å²) in [6.07, 6.45) is 0. The van der Waals surface area contributed by atoms with E-state index in [4.69, 9.17) is 4.99 Å². The Morgan fingerprint density at radius 2 is 1.96 bits per heavy atom. The summed E-state index contributed by atoms with van der Waals surface area (Å²) in [6.45, 7) is 7.30. The van der Waals surface area contributed by atoms with Crippen molar-refractivity contribution in [2.75, 3.05) is 32.7 Å². The van der Waals surface area contributed by atoms with Gasteiger partial charge < -0.3 is 10.2 Å². The second-order valence-corrected chi connectivity index (χ2v) is 6.89. The normalized spacial score (nSPS) is 20.9. The molecule has 0 saturated carbocycles. The van der Waals surface area contributed by atoms with Gasteiger partial charge in [-0.3, -0.25) is 5.01 Å². The third-order valence-electron chi connectivity index (χ3n) is 4.21. The average Bonchev–Trinajstić information content (AvgIpc) is 2.53. The smallest absolute Gasteiger partial charge is 0.153 e. The van der Waals surface area contributed by atoms with Crippen LogP contribution in [0.1, 0.15) is 12.5 Å². The van der Waals surface area contributed by atoms with E-state index in [2.05, 4.69) is 53.4 Å². The highest BCUT2D eigenvalue weighted by Gasteiger charge is 2.26. The summed E-state index contributed by atoms with van der Waals surface area (Å²) in [5, 5.41) is 10.1. The molecular formula is C16H19BrN6. The lowest BCUT2D eigenvalue weighted by Gasteiger charge is -2.34. The summed E-state index contributed by atoms with van der Waals surface area (Å²) in [6, 6.07) is 6.25. The first kappa shape index (κ1) is 14.8. The second kappa shape index (κ2) is 6.05. The number of amidine groups is 2. The fourth-order valence-corrected chi connectivity index (χ4v) is 3.58. The molecule has 3 aliphatic heterocycles. The van der Waals surface area contributed by atoms with Gasteiger partial charge in [-0.2, -0.15) is 5.10 Å². The maximum absolute atomic E-state index is 5.00. The first-order chi connectivity index (χ1) is 11.2. The number of benzene rings is 1. The van der Waals surface area contributed by atoms with Crippen molar-refractivity contribution in [1.29, 1.82) is 0 Å². The Morgan fingerprint density at radius 3 is 2.78 bits per heavy atom. The molecule has 23 heavy (non-hydrogen) atoms. The molecule has 0 amide bonds. The Hall–Kier alpha value is -1.73. The molecule has 1 aromatic rings. The summed E-state index contributed by atoms with van der Waals surface area (Å²) >= 11 is 3.56. The van der Waals surface area contributed by atoms with Crippen molar-refractivity contribution >= 4 is 39.0 Å². The van der Waals surface area contributed by atoms with Gasteiger partial charge in [0, 0.05) is 30.7 Å². The molecule has 0 spiro atoms. The van der Waals surface area contributed by atoms with Gasteiger partial charge in [0.05, 0.1) is 18.8 Å². The maximum atomic E-state index is 5.00. The molecule has 0 aromatic heterocycles. The number of fused-ring (bicyclic) bond motifs is 3. The van der Waals surface area contributed by atoms with Crippen LogP contribution in [0.15, 0.2) is 37.8 Å². The minimum atomic E-state index is 0.714. The molecule has 6 nitrogen and oxygen atoms in total. The zero-order valence-corrected chi connectivity index (χ0v) is 14.7. The van der Waals surface area contributed by atoms with Gasteiger partial charge in [-0.25, -0.2) is 9.98 Å². The van der Waals surface area contributed by atoms with Gasteiger partial charge in [-0.05, 0) is 30.7 Å². The van der Waals surface area contributed by atoms with Crippen LogP contribution in [0.25, 0.3) is 0 Å². The minimum absolute atomic E-state index is 0.714. The Labute approximate surface area is 144 Å². The van der Waals surface area contributed by atoms with E-state index >= 15 is 0 Å². The molecule has 1 N–H and O–H groups in total. The maximum Gasteiger partial charge on any atom is 0.153 e. The highest BCUT2D eigenvalue weighted by molar-refractivity contribution is 9.10. The molecule has 0 unspecified atom stereocenters. The Morgan fingerprint density at radius 1 is 1.13 bits per heavy atom. The Kier molecular flexibility index (Phi) is 3.90. The molecule has 0 radical (unpaired) electrons. The van der Waals surface area contributed by atoms with E-state index in [-0.39, 0.29) is 0 Å². The van der Waals surface area contributed by atoms with Gasteiger partial charge in [-0.1, -0.05) is 15.9 Å². The van der Waals surface area contributed by atoms with Crippen molar-refractivity contribution < 1.29 is 0 Å². The van der Waals surface area contributed by atoms with Gasteiger partial charge in [0.15, 0.2) is 5.84 Å². The number of aliphatic imine (C=N–C) groups is 2. The molecule has 4 rings (SSSR count). The number of halogens is 1. The van der Waals surface area contributed by atoms with Crippen molar-refractivity contribution in [1.82, 2.24) is 15.2 Å². The number of rotatable bonds is 0. The molecular weight excluding hydrogens is 356 g/mol. The number of hydrazone groups is 1. The van der Waals surface area contributed by atoms with E-state index in [1.807, 2.05) is 13.0 Å². The van der Waals surface area contributed by atoms with Crippen LogP contribution in [0.4, 0.5) is 5.69 Å². The largest absolute Gasteiger partial charge is 0.352 e. The molecule has 7 heteroatoms. The lowest BCUT2D eigenvalue weighted by molar-refractivity contribution is 0.313. The number of nitrogens with one attached hydrogen (secondary N) is 1. The van der Waals surface area contributed by atoms with Gasteiger partial charge in [0.2, 0.25) is 0 Å². The zero-order valence-electron chi connectivity index (χ0n) is 13.1. The SMILES string of the molecule is CC1=NN2CC(=N1)C(N1CCNCC1)=Nc1ccc(Br)cc1C2. The van der Waals surface area contributed by atoms with E-state index in [0.29, 0.717) is 6.54 Å². The fraction of sp³-hybridized carbons (Fsp3) is 0.438. The van der Waals surface area contributed by atoms with Crippen LogP contribution in [0.5, 0.6) is 0 Å². The number of piperazine rings is 1. The predicted octanol–water partition coefficient (Wildman–Crippen LogP) is 1.99. The third kappa shape index (κ3) is 3.03. The number of nitrogens with zero attached hydrogens (tertiary/aromatic N) is 5. The van der Waals surface area contributed by atoms with Crippen molar-refractivity contribution in [3.8, 4) is 0 Å². The predicted molar refractivity (Wildman–Crippen MR) is 96.6 cm³/mol. The molecule has 3 aliphatic rings. The van der Waals surface area contributed by atoms with Crippen molar-refractivity contribution in [3.05, 3.63) is 28.2 Å². The fourth-order valence-electron chi connectivity index (χ4n) is 3.17. The summed E-state index contributed by atoms with van der Waals surface area (Å²) in [4.78, 5) is 12.0. The first-order valence-corrected chi connectivity index (χ1v) is 8.69. The van der Waals surface area contributed by atoms with Crippen LogP contribution in [0.2, 0.25) is 0 Å². The molecule has 1 fully saturated rings. The summed E-state index contributed by atoms with van der Waals surface area (Å²) in [7, 11) is 0. The van der Waals surface area contributed by atoms with E-state index in [1.54, 1.807) is 0 Å². The Balaban J connectivity index is 1.83.